The number of carbonyl (C=O) groups excluding carboxylic acids is 1. The van der Waals surface area contributed by atoms with Gasteiger partial charge >= 0.3 is 0 Å². The van der Waals surface area contributed by atoms with Crippen LogP contribution < -0.4 is 10.6 Å². The van der Waals surface area contributed by atoms with Gasteiger partial charge in [-0.25, -0.2) is 8.78 Å². The van der Waals surface area contributed by atoms with Gasteiger partial charge in [0.1, 0.15) is 11.6 Å². The molecule has 0 unspecified atom stereocenters. The maximum absolute atomic E-state index is 13.6. The number of hydrogen-bond donors (Lipinski definition) is 2. The second-order valence-electron chi connectivity index (χ2n) is 6.02. The normalized spacial score (nSPS) is 15.1. The number of amides is 1. The molecule has 1 aliphatic carbocycles. The van der Waals surface area contributed by atoms with Crippen molar-refractivity contribution in [3.63, 3.8) is 0 Å². The fourth-order valence-electron chi connectivity index (χ4n) is 2.91. The third-order valence-corrected chi connectivity index (χ3v) is 4.16. The highest BCUT2D eigenvalue weighted by atomic mass is 19.1. The topological polar surface area (TPSA) is 54.0 Å². The fourth-order valence-corrected chi connectivity index (χ4v) is 2.91. The predicted octanol–water partition coefficient (Wildman–Crippen LogP) is 4.36. The predicted molar refractivity (Wildman–Crippen MR) is 89.0 cm³/mol. The molecule has 126 valence electrons. The molecule has 1 aromatic carbocycles. The van der Waals surface area contributed by atoms with Gasteiger partial charge in [0, 0.05) is 24.5 Å². The van der Waals surface area contributed by atoms with E-state index in [4.69, 9.17) is 0 Å². The van der Waals surface area contributed by atoms with Gasteiger partial charge in [-0.3, -0.25) is 9.78 Å². The van der Waals surface area contributed by atoms with Gasteiger partial charge in [-0.05, 0) is 31.0 Å². The first kappa shape index (κ1) is 16.4. The first-order chi connectivity index (χ1) is 11.6. The van der Waals surface area contributed by atoms with Crippen LogP contribution in [-0.4, -0.2) is 16.9 Å². The van der Waals surface area contributed by atoms with Crippen molar-refractivity contribution in [2.45, 2.75) is 38.1 Å². The van der Waals surface area contributed by atoms with Gasteiger partial charge in [-0.1, -0.05) is 19.3 Å². The smallest absolute Gasteiger partial charge is 0.257 e. The maximum atomic E-state index is 13.6. The summed E-state index contributed by atoms with van der Waals surface area (Å²) in [5, 5.41) is 5.83. The van der Waals surface area contributed by atoms with Crippen molar-refractivity contribution < 1.29 is 13.6 Å². The van der Waals surface area contributed by atoms with Crippen molar-refractivity contribution in [2.75, 3.05) is 10.6 Å². The summed E-state index contributed by atoms with van der Waals surface area (Å²) in [6.45, 7) is 0. The molecule has 0 saturated heterocycles. The number of nitrogens with zero attached hydrogens (tertiary/aromatic N) is 1. The Bertz CT molecular complexity index is 730. The number of benzene rings is 1. The van der Waals surface area contributed by atoms with Crippen molar-refractivity contribution >= 4 is 17.3 Å². The van der Waals surface area contributed by atoms with E-state index in [0.29, 0.717) is 11.6 Å². The van der Waals surface area contributed by atoms with E-state index in [2.05, 4.69) is 15.6 Å². The second-order valence-corrected chi connectivity index (χ2v) is 6.02. The Morgan fingerprint density at radius 3 is 2.62 bits per heavy atom. The molecule has 24 heavy (non-hydrogen) atoms. The van der Waals surface area contributed by atoms with Crippen LogP contribution in [0.2, 0.25) is 0 Å². The number of carbonyl (C=O) groups is 1. The molecule has 1 aromatic heterocycles. The Labute approximate surface area is 139 Å². The Hall–Kier alpha value is -2.50. The standard InChI is InChI=1S/C18H19F2N3O/c19-13-6-7-17(16(20)9-13)23-18(24)12-8-15(11-21-10-12)22-14-4-2-1-3-5-14/h6-11,14,22H,1-5H2,(H,23,24). The molecule has 0 bridgehead atoms. The zero-order valence-electron chi connectivity index (χ0n) is 13.2. The minimum atomic E-state index is -0.812. The van der Waals surface area contributed by atoms with Crippen LogP contribution >= 0.6 is 0 Å². The van der Waals surface area contributed by atoms with E-state index >= 15 is 0 Å². The van der Waals surface area contributed by atoms with Crippen LogP contribution in [0.5, 0.6) is 0 Å². The lowest BCUT2D eigenvalue weighted by molar-refractivity contribution is 0.102. The van der Waals surface area contributed by atoms with Crippen molar-refractivity contribution in [3.8, 4) is 0 Å². The summed E-state index contributed by atoms with van der Waals surface area (Å²) in [4.78, 5) is 16.3. The Kier molecular flexibility index (Phi) is 5.03. The van der Waals surface area contributed by atoms with E-state index in [1.54, 1.807) is 12.3 Å². The van der Waals surface area contributed by atoms with Crippen LogP contribution in [0.4, 0.5) is 20.2 Å². The number of halogens is 2. The number of rotatable bonds is 4. The van der Waals surface area contributed by atoms with Gasteiger partial charge in [0.2, 0.25) is 0 Å². The third-order valence-electron chi connectivity index (χ3n) is 4.16. The average Bonchev–Trinajstić information content (AvgIpc) is 2.58. The largest absolute Gasteiger partial charge is 0.381 e. The Morgan fingerprint density at radius 2 is 1.88 bits per heavy atom. The maximum Gasteiger partial charge on any atom is 0.257 e. The molecule has 4 nitrogen and oxygen atoms in total. The molecule has 0 spiro atoms. The quantitative estimate of drug-likeness (QED) is 0.875. The highest BCUT2D eigenvalue weighted by molar-refractivity contribution is 6.04. The minimum absolute atomic E-state index is 0.0629. The van der Waals surface area contributed by atoms with Gasteiger partial charge in [-0.15, -0.1) is 0 Å². The first-order valence-electron chi connectivity index (χ1n) is 8.10. The number of pyridine rings is 1. The molecular weight excluding hydrogens is 312 g/mol. The third kappa shape index (κ3) is 4.07. The molecule has 2 aromatic rings. The molecule has 0 aliphatic heterocycles. The van der Waals surface area contributed by atoms with E-state index in [-0.39, 0.29) is 5.69 Å². The zero-order chi connectivity index (χ0) is 16.9. The van der Waals surface area contributed by atoms with Gasteiger partial charge in [0.15, 0.2) is 0 Å². The number of anilines is 2. The number of aromatic nitrogens is 1. The van der Waals surface area contributed by atoms with Gasteiger partial charge in [-0.2, -0.15) is 0 Å². The summed E-state index contributed by atoms with van der Waals surface area (Å²) in [7, 11) is 0. The van der Waals surface area contributed by atoms with Gasteiger partial charge < -0.3 is 10.6 Å². The molecular formula is C18H19F2N3O. The summed E-state index contributed by atoms with van der Waals surface area (Å²) in [5.41, 5.74) is 1.03. The van der Waals surface area contributed by atoms with Crippen molar-refractivity contribution in [2.24, 2.45) is 0 Å². The number of hydrogen-bond acceptors (Lipinski definition) is 3. The molecule has 1 fully saturated rings. The van der Waals surface area contributed by atoms with Crippen LogP contribution in [0, 0.1) is 11.6 Å². The summed E-state index contributed by atoms with van der Waals surface area (Å²) < 4.78 is 26.5. The number of nitrogens with one attached hydrogen (secondary N) is 2. The van der Waals surface area contributed by atoms with Gasteiger partial charge in [0.05, 0.1) is 16.9 Å². The van der Waals surface area contributed by atoms with E-state index in [1.807, 2.05) is 0 Å². The molecule has 6 heteroatoms. The van der Waals surface area contributed by atoms with Crippen LogP contribution in [0.1, 0.15) is 42.5 Å². The highest BCUT2D eigenvalue weighted by Gasteiger charge is 2.15. The Balaban J connectivity index is 1.69. The summed E-state index contributed by atoms with van der Waals surface area (Å²) >= 11 is 0. The second kappa shape index (κ2) is 7.38. The average molecular weight is 331 g/mol. The molecule has 1 saturated carbocycles. The van der Waals surface area contributed by atoms with Crippen molar-refractivity contribution in [1.82, 2.24) is 4.98 Å². The lowest BCUT2D eigenvalue weighted by atomic mass is 9.95. The molecule has 2 N–H and O–H groups in total. The molecule has 1 heterocycles. The van der Waals surface area contributed by atoms with E-state index < -0.39 is 17.5 Å². The minimum Gasteiger partial charge on any atom is -0.381 e. The van der Waals surface area contributed by atoms with Gasteiger partial charge in [0.25, 0.3) is 5.91 Å². The Morgan fingerprint density at radius 1 is 1.08 bits per heavy atom. The van der Waals surface area contributed by atoms with Crippen LogP contribution in [0.25, 0.3) is 0 Å². The lowest BCUT2D eigenvalue weighted by Crippen LogP contribution is -2.22. The van der Waals surface area contributed by atoms with E-state index in [9.17, 15) is 13.6 Å². The molecule has 0 radical (unpaired) electrons. The molecule has 1 amide bonds. The van der Waals surface area contributed by atoms with Crippen LogP contribution in [0.3, 0.4) is 0 Å². The van der Waals surface area contributed by atoms with Crippen LogP contribution in [-0.2, 0) is 0 Å². The lowest BCUT2D eigenvalue weighted by Gasteiger charge is -2.23. The highest BCUT2D eigenvalue weighted by Crippen LogP contribution is 2.22. The zero-order valence-corrected chi connectivity index (χ0v) is 13.2. The SMILES string of the molecule is O=C(Nc1ccc(F)cc1F)c1cncc(NC2CCCCC2)c1. The van der Waals surface area contributed by atoms with Crippen molar-refractivity contribution in [3.05, 3.63) is 53.9 Å². The first-order valence-corrected chi connectivity index (χ1v) is 8.10. The molecule has 1 aliphatic rings. The molecule has 0 atom stereocenters. The monoisotopic (exact) mass is 331 g/mol. The van der Waals surface area contributed by atoms with E-state index in [1.165, 1.54) is 31.5 Å². The summed E-state index contributed by atoms with van der Waals surface area (Å²) in [6, 6.07) is 5.11. The fraction of sp³-hybridized carbons (Fsp3) is 0.333. The van der Waals surface area contributed by atoms with E-state index in [0.717, 1.165) is 30.7 Å². The molecule has 3 rings (SSSR count). The summed E-state index contributed by atoms with van der Waals surface area (Å²) in [5.74, 6) is -1.99. The van der Waals surface area contributed by atoms with Crippen molar-refractivity contribution in [1.29, 1.82) is 0 Å². The summed E-state index contributed by atoms with van der Waals surface area (Å²) in [6.07, 6.45) is 8.98. The van der Waals surface area contributed by atoms with Crippen LogP contribution in [0.15, 0.2) is 36.7 Å².